The summed E-state index contributed by atoms with van der Waals surface area (Å²) in [5.41, 5.74) is 6.98. The van der Waals surface area contributed by atoms with E-state index in [1.54, 1.807) is 7.11 Å². The second-order valence-corrected chi connectivity index (χ2v) is 11.4. The molecule has 1 saturated carbocycles. The Balaban J connectivity index is 0.000000545. The third kappa shape index (κ3) is 6.50. The summed E-state index contributed by atoms with van der Waals surface area (Å²) in [5, 5.41) is 11.9. The molecule has 3 aliphatic rings. The molecule has 0 radical (unpaired) electrons. The Hall–Kier alpha value is -4.48. The number of carbonyl (C=O) groups excluding carboxylic acids is 2. The number of carbonyl (C=O) groups is 2. The van der Waals surface area contributed by atoms with Crippen molar-refractivity contribution >= 4 is 40.9 Å². The van der Waals surface area contributed by atoms with Crippen molar-refractivity contribution in [3.8, 4) is 5.75 Å². The zero-order valence-corrected chi connectivity index (χ0v) is 24.7. The van der Waals surface area contributed by atoms with Crippen LogP contribution in [0.5, 0.6) is 5.75 Å². The number of hydrogen-bond donors (Lipinski definition) is 2. The quantitative estimate of drug-likeness (QED) is 0.257. The Kier molecular flexibility index (Phi) is 8.48. The molecule has 45 heavy (non-hydrogen) atoms. The molecule has 0 bridgehead atoms. The Bertz CT molecular complexity index is 1730. The van der Waals surface area contributed by atoms with E-state index in [1.807, 2.05) is 18.2 Å². The van der Waals surface area contributed by atoms with Gasteiger partial charge in [-0.25, -0.2) is 0 Å². The molecular formula is C34H33F3N4O4. The SMILES string of the molecule is COc1ccc2c(c1)[C@]1(CC1c1ccc3c(/C=C/c4ccc(CCN5CCOCC5)cc4)n[nH]c3c1)C(=O)N2.O=CC(F)(F)F. The van der Waals surface area contributed by atoms with Crippen molar-refractivity contribution in [3.63, 3.8) is 0 Å². The maximum absolute atomic E-state index is 13.0. The highest BCUT2D eigenvalue weighted by atomic mass is 19.4. The van der Waals surface area contributed by atoms with Crippen LogP contribution in [0.4, 0.5) is 18.9 Å². The first-order valence-electron chi connectivity index (χ1n) is 14.8. The van der Waals surface area contributed by atoms with E-state index in [2.05, 4.69) is 75.0 Å². The molecule has 1 spiro atoms. The van der Waals surface area contributed by atoms with Crippen molar-refractivity contribution in [2.24, 2.45) is 0 Å². The molecule has 4 aromatic rings. The van der Waals surface area contributed by atoms with Crippen molar-refractivity contribution in [2.45, 2.75) is 30.4 Å². The number of nitrogens with one attached hydrogen (secondary N) is 2. The summed E-state index contributed by atoms with van der Waals surface area (Å²) in [7, 11) is 1.66. The van der Waals surface area contributed by atoms with E-state index in [4.69, 9.17) is 14.3 Å². The Morgan fingerprint density at radius 2 is 1.82 bits per heavy atom. The van der Waals surface area contributed by atoms with Gasteiger partial charge in [0, 0.05) is 36.6 Å². The van der Waals surface area contributed by atoms with Crippen molar-refractivity contribution in [1.29, 1.82) is 0 Å². The number of morpholine rings is 1. The largest absolute Gasteiger partial charge is 0.497 e. The van der Waals surface area contributed by atoms with Crippen LogP contribution in [0.15, 0.2) is 60.7 Å². The summed E-state index contributed by atoms with van der Waals surface area (Å²) >= 11 is 0. The zero-order valence-electron chi connectivity index (χ0n) is 24.7. The molecule has 234 valence electrons. The van der Waals surface area contributed by atoms with Gasteiger partial charge in [-0.3, -0.25) is 19.6 Å². The minimum atomic E-state index is -4.64. The van der Waals surface area contributed by atoms with E-state index < -0.39 is 17.9 Å². The van der Waals surface area contributed by atoms with E-state index in [0.29, 0.717) is 0 Å². The first kappa shape index (κ1) is 30.5. The van der Waals surface area contributed by atoms with Gasteiger partial charge in [-0.15, -0.1) is 0 Å². The maximum Gasteiger partial charge on any atom is 0.446 e. The summed E-state index contributed by atoms with van der Waals surface area (Å²) in [6.45, 7) is 4.82. The average molecular weight is 619 g/mol. The summed E-state index contributed by atoms with van der Waals surface area (Å²) < 4.78 is 42.1. The van der Waals surface area contributed by atoms with Crippen LogP contribution in [0.2, 0.25) is 0 Å². The number of aldehydes is 1. The van der Waals surface area contributed by atoms with Crippen LogP contribution in [0.3, 0.4) is 0 Å². The molecule has 7 rings (SSSR count). The van der Waals surface area contributed by atoms with Crippen LogP contribution in [0, 0.1) is 0 Å². The third-order valence-corrected chi connectivity index (χ3v) is 8.71. The van der Waals surface area contributed by atoms with Gasteiger partial charge in [-0.1, -0.05) is 42.5 Å². The van der Waals surface area contributed by atoms with Crippen molar-refractivity contribution < 1.29 is 32.2 Å². The number of amides is 1. The Morgan fingerprint density at radius 1 is 1.07 bits per heavy atom. The van der Waals surface area contributed by atoms with Gasteiger partial charge in [0.15, 0.2) is 0 Å². The predicted molar refractivity (Wildman–Crippen MR) is 165 cm³/mol. The number of hydrogen-bond acceptors (Lipinski definition) is 6. The number of methoxy groups -OCH3 is 1. The lowest BCUT2D eigenvalue weighted by Crippen LogP contribution is -2.37. The molecule has 2 N–H and O–H groups in total. The van der Waals surface area contributed by atoms with Crippen molar-refractivity contribution in [1.82, 2.24) is 15.1 Å². The first-order valence-corrected chi connectivity index (χ1v) is 14.8. The molecule has 1 unspecified atom stereocenters. The average Bonchev–Trinajstić information content (AvgIpc) is 3.60. The number of halogens is 3. The van der Waals surface area contributed by atoms with Gasteiger partial charge >= 0.3 is 6.18 Å². The molecule has 2 aliphatic heterocycles. The third-order valence-electron chi connectivity index (χ3n) is 8.71. The number of alkyl halides is 3. The molecule has 3 heterocycles. The van der Waals surface area contributed by atoms with Crippen LogP contribution in [0.25, 0.3) is 23.1 Å². The molecule has 11 heteroatoms. The fraction of sp³-hybridized carbons (Fsp3) is 0.324. The summed E-state index contributed by atoms with van der Waals surface area (Å²) in [5.74, 6) is 0.994. The highest BCUT2D eigenvalue weighted by Gasteiger charge is 2.65. The summed E-state index contributed by atoms with van der Waals surface area (Å²) in [4.78, 5) is 24.2. The minimum Gasteiger partial charge on any atom is -0.497 e. The number of ether oxygens (including phenoxy) is 2. The molecule has 1 amide bonds. The van der Waals surface area contributed by atoms with Crippen LogP contribution in [0.1, 0.15) is 40.3 Å². The summed E-state index contributed by atoms with van der Waals surface area (Å²) in [6.07, 6.45) is 0.325. The lowest BCUT2D eigenvalue weighted by atomic mass is 9.91. The number of benzene rings is 3. The molecule has 3 aromatic carbocycles. The molecule has 1 saturated heterocycles. The molecule has 2 fully saturated rings. The number of H-pyrrole nitrogens is 1. The molecular weight excluding hydrogens is 585 g/mol. The van der Waals surface area contributed by atoms with Crippen LogP contribution in [-0.4, -0.2) is 73.4 Å². The van der Waals surface area contributed by atoms with Crippen molar-refractivity contribution in [2.75, 3.05) is 45.3 Å². The first-order chi connectivity index (χ1) is 21.7. The minimum absolute atomic E-state index is 0.0798. The van der Waals surface area contributed by atoms with Gasteiger partial charge in [-0.05, 0) is 65.4 Å². The Labute approximate surface area is 258 Å². The lowest BCUT2D eigenvalue weighted by molar-refractivity contribution is -0.156. The van der Waals surface area contributed by atoms with Gasteiger partial charge in [0.05, 0.1) is 36.9 Å². The molecule has 1 aliphatic carbocycles. The highest BCUT2D eigenvalue weighted by Crippen LogP contribution is 2.65. The van der Waals surface area contributed by atoms with E-state index in [9.17, 15) is 18.0 Å². The number of fused-ring (bicyclic) bond motifs is 3. The van der Waals surface area contributed by atoms with E-state index in [0.717, 1.165) is 90.4 Å². The van der Waals surface area contributed by atoms with Gasteiger partial charge in [0.25, 0.3) is 0 Å². The topological polar surface area (TPSA) is 96.6 Å². The Morgan fingerprint density at radius 3 is 2.53 bits per heavy atom. The fourth-order valence-electron chi connectivity index (χ4n) is 6.18. The zero-order chi connectivity index (χ0) is 31.6. The maximum atomic E-state index is 13.0. The van der Waals surface area contributed by atoms with Gasteiger partial charge in [-0.2, -0.15) is 18.3 Å². The van der Waals surface area contributed by atoms with Crippen LogP contribution >= 0.6 is 0 Å². The molecule has 1 aromatic heterocycles. The molecule has 2 atom stereocenters. The fourth-order valence-corrected chi connectivity index (χ4v) is 6.18. The second-order valence-electron chi connectivity index (χ2n) is 11.4. The number of nitrogens with zero attached hydrogens (tertiary/aromatic N) is 2. The predicted octanol–water partition coefficient (Wildman–Crippen LogP) is 5.74. The number of aromatic amines is 1. The number of rotatable bonds is 7. The number of anilines is 1. The van der Waals surface area contributed by atoms with Gasteiger partial charge in [0.1, 0.15) is 5.75 Å². The normalized spacial score (nSPS) is 21.0. The van der Waals surface area contributed by atoms with Gasteiger partial charge in [0.2, 0.25) is 12.2 Å². The smallest absolute Gasteiger partial charge is 0.446 e. The van der Waals surface area contributed by atoms with E-state index >= 15 is 0 Å². The highest BCUT2D eigenvalue weighted by molar-refractivity contribution is 6.10. The van der Waals surface area contributed by atoms with Crippen LogP contribution < -0.4 is 10.1 Å². The van der Waals surface area contributed by atoms with Gasteiger partial charge < -0.3 is 14.8 Å². The van der Waals surface area contributed by atoms with E-state index in [-0.39, 0.29) is 11.8 Å². The van der Waals surface area contributed by atoms with Crippen molar-refractivity contribution in [3.05, 3.63) is 88.6 Å². The molecule has 8 nitrogen and oxygen atoms in total. The van der Waals surface area contributed by atoms with E-state index in [1.165, 1.54) is 5.56 Å². The van der Waals surface area contributed by atoms with Crippen LogP contribution in [-0.2, 0) is 26.2 Å². The summed E-state index contributed by atoms with van der Waals surface area (Å²) in [6, 6.07) is 21.0. The second kappa shape index (κ2) is 12.5. The number of aromatic nitrogens is 2. The lowest BCUT2D eigenvalue weighted by Gasteiger charge is -2.26. The monoisotopic (exact) mass is 618 g/mol. The standard InChI is InChI=1S/C32H32N4O3.C2HF3O/c1-38-24-8-11-29-26(19-24)32(31(37)33-29)20-27(32)23-7-9-25-28(34-35-30(25)18-23)10-6-21-2-4-22(5-3-21)12-13-36-14-16-39-17-15-36;3-2(4,5)1-6/h2-11,18-19,27H,12-17,20H2,1H3,(H,33,37)(H,34,35);1H/b10-6+;/t27?,32-;/m0./s1.